The Morgan fingerprint density at radius 3 is 2.39 bits per heavy atom. The zero-order chi connectivity index (χ0) is 16.4. The average molecular weight is 376 g/mol. The first-order valence-electron chi connectivity index (χ1n) is 7.61. The minimum Gasteiger partial charge on any atom is -0.505 e. The summed E-state index contributed by atoms with van der Waals surface area (Å²) in [5.41, 5.74) is 1.49. The fourth-order valence-electron chi connectivity index (χ4n) is 2.83. The third kappa shape index (κ3) is 3.41. The Kier molecular flexibility index (Phi) is 4.68. The summed E-state index contributed by atoms with van der Waals surface area (Å²) in [6.45, 7) is 1.34. The van der Waals surface area contributed by atoms with E-state index in [1.165, 1.54) is 0 Å². The van der Waals surface area contributed by atoms with Crippen LogP contribution < -0.4 is 4.90 Å². The van der Waals surface area contributed by atoms with Crippen molar-refractivity contribution >= 4 is 27.4 Å². The molecule has 0 aliphatic carbocycles. The van der Waals surface area contributed by atoms with E-state index in [1.807, 2.05) is 11.0 Å². The van der Waals surface area contributed by atoms with Crippen molar-refractivity contribution in [3.63, 3.8) is 0 Å². The van der Waals surface area contributed by atoms with Crippen LogP contribution in [0.5, 0.6) is 5.75 Å². The fraction of sp³-hybridized carbons (Fsp3) is 0.278. The lowest BCUT2D eigenvalue weighted by Crippen LogP contribution is -2.35. The third-order valence-electron chi connectivity index (χ3n) is 4.17. The highest BCUT2D eigenvalue weighted by Gasteiger charge is 2.22. The molecule has 1 saturated heterocycles. The van der Waals surface area contributed by atoms with Gasteiger partial charge < -0.3 is 15.1 Å². The molecule has 0 bridgehead atoms. The first kappa shape index (κ1) is 16.0. The minimum atomic E-state index is -0.277. The molecule has 23 heavy (non-hydrogen) atoms. The Morgan fingerprint density at radius 2 is 1.74 bits per heavy atom. The molecule has 1 aliphatic heterocycles. The monoisotopic (exact) mass is 375 g/mol. The van der Waals surface area contributed by atoms with Crippen molar-refractivity contribution < 1.29 is 15.0 Å². The van der Waals surface area contributed by atoms with E-state index in [4.69, 9.17) is 0 Å². The number of carbonyl (C=O) groups is 1. The molecule has 3 rings (SSSR count). The largest absolute Gasteiger partial charge is 0.505 e. The SMILES string of the molecule is O=C(c1ccc(Br)cc1)c1cccc(N2CCC(O)CC2)c1O. The number of benzene rings is 2. The van der Waals surface area contributed by atoms with Crippen molar-refractivity contribution in [2.45, 2.75) is 18.9 Å². The van der Waals surface area contributed by atoms with Crippen LogP contribution in [0.25, 0.3) is 0 Å². The number of rotatable bonds is 3. The molecular formula is C18H18BrNO3. The van der Waals surface area contributed by atoms with Crippen LogP contribution in [0.3, 0.4) is 0 Å². The smallest absolute Gasteiger partial charge is 0.196 e. The summed E-state index contributed by atoms with van der Waals surface area (Å²) in [7, 11) is 0. The molecule has 0 unspecified atom stereocenters. The molecule has 2 N–H and O–H groups in total. The lowest BCUT2D eigenvalue weighted by atomic mass is 10.0. The minimum absolute atomic E-state index is 0.0109. The zero-order valence-electron chi connectivity index (χ0n) is 12.6. The number of halogens is 1. The maximum Gasteiger partial charge on any atom is 0.196 e. The average Bonchev–Trinajstić information content (AvgIpc) is 2.56. The molecule has 1 heterocycles. The summed E-state index contributed by atoms with van der Waals surface area (Å²) in [5, 5.41) is 20.2. The normalized spacial score (nSPS) is 15.7. The van der Waals surface area contributed by atoms with Crippen molar-refractivity contribution in [2.24, 2.45) is 0 Å². The van der Waals surface area contributed by atoms with Gasteiger partial charge in [0.05, 0.1) is 17.4 Å². The predicted molar refractivity (Wildman–Crippen MR) is 93.1 cm³/mol. The van der Waals surface area contributed by atoms with Gasteiger partial charge in [0.2, 0.25) is 0 Å². The molecule has 2 aromatic rings. The number of carbonyl (C=O) groups excluding carboxylic acids is 1. The number of anilines is 1. The second-order valence-electron chi connectivity index (χ2n) is 5.73. The van der Waals surface area contributed by atoms with Crippen LogP contribution in [0.1, 0.15) is 28.8 Å². The first-order chi connectivity index (χ1) is 11.1. The maximum atomic E-state index is 12.6. The Hall–Kier alpha value is -1.85. The number of aromatic hydroxyl groups is 1. The molecule has 0 radical (unpaired) electrons. The van der Waals surface area contributed by atoms with Gasteiger partial charge in [0, 0.05) is 23.1 Å². The number of aliphatic hydroxyl groups is 1. The highest BCUT2D eigenvalue weighted by Crippen LogP contribution is 2.34. The Morgan fingerprint density at radius 1 is 1.09 bits per heavy atom. The summed E-state index contributed by atoms with van der Waals surface area (Å²) in [6, 6.07) is 12.3. The maximum absolute atomic E-state index is 12.6. The van der Waals surface area contributed by atoms with E-state index in [0.717, 1.165) is 4.47 Å². The summed E-state index contributed by atoms with van der Waals surface area (Å²) in [5.74, 6) is -0.189. The van der Waals surface area contributed by atoms with Gasteiger partial charge in [-0.3, -0.25) is 4.79 Å². The number of nitrogens with zero attached hydrogens (tertiary/aromatic N) is 1. The summed E-state index contributed by atoms with van der Waals surface area (Å²) in [6.07, 6.45) is 1.07. The highest BCUT2D eigenvalue weighted by molar-refractivity contribution is 9.10. The van der Waals surface area contributed by atoms with Gasteiger partial charge >= 0.3 is 0 Å². The lowest BCUT2D eigenvalue weighted by Gasteiger charge is -2.32. The van der Waals surface area contributed by atoms with Crippen molar-refractivity contribution in [3.8, 4) is 5.75 Å². The number of phenols is 1. The molecule has 0 amide bonds. The summed E-state index contributed by atoms with van der Waals surface area (Å²) >= 11 is 3.35. The molecule has 1 aliphatic rings. The standard InChI is InChI=1S/C18H18BrNO3/c19-13-6-4-12(5-7-13)17(22)15-2-1-3-16(18(15)23)20-10-8-14(21)9-11-20/h1-7,14,21,23H,8-11H2. The van der Waals surface area contributed by atoms with Gasteiger partial charge in [-0.05, 0) is 49.2 Å². The molecule has 4 nitrogen and oxygen atoms in total. The van der Waals surface area contributed by atoms with E-state index in [2.05, 4.69) is 15.9 Å². The van der Waals surface area contributed by atoms with Gasteiger partial charge in [-0.15, -0.1) is 0 Å². The third-order valence-corrected chi connectivity index (χ3v) is 4.70. The molecule has 5 heteroatoms. The lowest BCUT2D eigenvalue weighted by molar-refractivity contribution is 0.103. The quantitative estimate of drug-likeness (QED) is 0.807. The van der Waals surface area contributed by atoms with E-state index in [1.54, 1.807) is 36.4 Å². The van der Waals surface area contributed by atoms with Crippen LogP contribution in [0.15, 0.2) is 46.9 Å². The van der Waals surface area contributed by atoms with Crippen LogP contribution >= 0.6 is 15.9 Å². The molecule has 0 spiro atoms. The second-order valence-corrected chi connectivity index (χ2v) is 6.64. The van der Waals surface area contributed by atoms with Crippen LogP contribution in [-0.2, 0) is 0 Å². The molecule has 0 atom stereocenters. The predicted octanol–water partition coefficient (Wildman–Crippen LogP) is 3.35. The Bertz CT molecular complexity index is 707. The van der Waals surface area contributed by atoms with E-state index in [-0.39, 0.29) is 17.6 Å². The van der Waals surface area contributed by atoms with Crippen LogP contribution in [0.2, 0.25) is 0 Å². The van der Waals surface area contributed by atoms with Gasteiger partial charge in [0.15, 0.2) is 5.78 Å². The Balaban J connectivity index is 1.90. The Labute approximate surface area is 143 Å². The topological polar surface area (TPSA) is 60.8 Å². The number of hydrogen-bond acceptors (Lipinski definition) is 4. The molecule has 2 aromatic carbocycles. The summed E-state index contributed by atoms with van der Waals surface area (Å²) in [4.78, 5) is 14.6. The fourth-order valence-corrected chi connectivity index (χ4v) is 3.10. The van der Waals surface area contributed by atoms with Gasteiger partial charge in [-0.1, -0.05) is 22.0 Å². The number of aliphatic hydroxyl groups excluding tert-OH is 1. The number of para-hydroxylation sites is 1. The van der Waals surface area contributed by atoms with Crippen molar-refractivity contribution in [3.05, 3.63) is 58.1 Å². The first-order valence-corrected chi connectivity index (χ1v) is 8.41. The number of piperidine rings is 1. The van der Waals surface area contributed by atoms with Crippen LogP contribution in [-0.4, -0.2) is 35.2 Å². The molecule has 0 saturated carbocycles. The zero-order valence-corrected chi connectivity index (χ0v) is 14.2. The van der Waals surface area contributed by atoms with E-state index < -0.39 is 0 Å². The van der Waals surface area contributed by atoms with E-state index in [0.29, 0.717) is 42.7 Å². The van der Waals surface area contributed by atoms with Crippen molar-refractivity contribution in [2.75, 3.05) is 18.0 Å². The van der Waals surface area contributed by atoms with Gasteiger partial charge in [0.1, 0.15) is 5.75 Å². The number of hydrogen-bond donors (Lipinski definition) is 2. The van der Waals surface area contributed by atoms with E-state index in [9.17, 15) is 15.0 Å². The van der Waals surface area contributed by atoms with Gasteiger partial charge in [-0.2, -0.15) is 0 Å². The highest BCUT2D eigenvalue weighted by atomic mass is 79.9. The van der Waals surface area contributed by atoms with E-state index >= 15 is 0 Å². The van der Waals surface area contributed by atoms with Crippen molar-refractivity contribution in [1.82, 2.24) is 0 Å². The van der Waals surface area contributed by atoms with Crippen molar-refractivity contribution in [1.29, 1.82) is 0 Å². The number of phenolic OH excluding ortho intramolecular Hbond substituents is 1. The molecule has 1 fully saturated rings. The second kappa shape index (κ2) is 6.72. The molecular weight excluding hydrogens is 358 g/mol. The van der Waals surface area contributed by atoms with Crippen LogP contribution in [0.4, 0.5) is 5.69 Å². The van der Waals surface area contributed by atoms with Crippen LogP contribution in [0, 0.1) is 0 Å². The molecule has 120 valence electrons. The number of ketones is 1. The summed E-state index contributed by atoms with van der Waals surface area (Å²) < 4.78 is 0.902. The van der Waals surface area contributed by atoms with Gasteiger partial charge in [-0.25, -0.2) is 0 Å². The molecule has 0 aromatic heterocycles. The van der Waals surface area contributed by atoms with Gasteiger partial charge in [0.25, 0.3) is 0 Å².